The van der Waals surface area contributed by atoms with Gasteiger partial charge in [-0.3, -0.25) is 9.78 Å². The van der Waals surface area contributed by atoms with Crippen LogP contribution >= 0.6 is 0 Å². The van der Waals surface area contributed by atoms with Gasteiger partial charge in [-0.15, -0.1) is 0 Å². The van der Waals surface area contributed by atoms with E-state index >= 15 is 0 Å². The summed E-state index contributed by atoms with van der Waals surface area (Å²) in [4.78, 5) is 17.1. The van der Waals surface area contributed by atoms with E-state index in [4.69, 9.17) is 0 Å². The third kappa shape index (κ3) is 3.81. The Kier molecular flexibility index (Phi) is 4.70. The average molecular weight is 247 g/mol. The Hall–Kier alpha value is -1.42. The molecule has 4 heteroatoms. The van der Waals surface area contributed by atoms with Crippen molar-refractivity contribution >= 4 is 5.91 Å². The number of piperidine rings is 1. The van der Waals surface area contributed by atoms with Gasteiger partial charge in [0.15, 0.2) is 0 Å². The van der Waals surface area contributed by atoms with E-state index in [9.17, 15) is 4.79 Å². The minimum Gasteiger partial charge on any atom is -0.343 e. The van der Waals surface area contributed by atoms with E-state index in [1.165, 1.54) is 5.56 Å². The first-order chi connectivity index (χ1) is 8.75. The minimum absolute atomic E-state index is 0.199. The van der Waals surface area contributed by atoms with Gasteiger partial charge < -0.3 is 10.2 Å². The Morgan fingerprint density at radius 1 is 1.39 bits per heavy atom. The van der Waals surface area contributed by atoms with Crippen LogP contribution in [0.15, 0.2) is 24.5 Å². The Balaban J connectivity index is 1.65. The molecule has 0 spiro atoms. The number of hydrogen-bond donors (Lipinski definition) is 1. The van der Waals surface area contributed by atoms with Crippen molar-refractivity contribution < 1.29 is 4.79 Å². The summed E-state index contributed by atoms with van der Waals surface area (Å²) >= 11 is 0. The number of carbonyl (C=O) groups is 1. The zero-order valence-corrected chi connectivity index (χ0v) is 10.9. The second kappa shape index (κ2) is 6.50. The molecule has 1 aromatic heterocycles. The van der Waals surface area contributed by atoms with Gasteiger partial charge in [-0.1, -0.05) is 0 Å². The number of aromatic nitrogens is 1. The minimum atomic E-state index is 0.199. The summed E-state index contributed by atoms with van der Waals surface area (Å²) in [6.45, 7) is 4.43. The standard InChI is InChI=1S/C14H21N3O/c1-12(18)17-10-5-14(6-11-17)16-9-4-13-2-7-15-8-3-13/h2-3,7-8,14,16H,4-6,9-11H2,1H3. The Bertz CT molecular complexity index is 372. The van der Waals surface area contributed by atoms with Crippen LogP contribution in [-0.2, 0) is 11.2 Å². The summed E-state index contributed by atoms with van der Waals surface area (Å²) in [5.41, 5.74) is 1.32. The molecule has 1 fully saturated rings. The molecular formula is C14H21N3O. The highest BCUT2D eigenvalue weighted by Crippen LogP contribution is 2.10. The Morgan fingerprint density at radius 3 is 2.67 bits per heavy atom. The molecule has 1 N–H and O–H groups in total. The average Bonchev–Trinajstić information content (AvgIpc) is 2.40. The third-order valence-electron chi connectivity index (χ3n) is 3.54. The lowest BCUT2D eigenvalue weighted by Gasteiger charge is -2.31. The van der Waals surface area contributed by atoms with E-state index in [-0.39, 0.29) is 5.91 Å². The molecule has 2 heterocycles. The summed E-state index contributed by atoms with van der Waals surface area (Å²) < 4.78 is 0. The second-order valence-corrected chi connectivity index (χ2v) is 4.84. The van der Waals surface area contributed by atoms with Crippen LogP contribution < -0.4 is 5.32 Å². The summed E-state index contributed by atoms with van der Waals surface area (Å²) in [7, 11) is 0. The zero-order valence-electron chi connectivity index (χ0n) is 10.9. The van der Waals surface area contributed by atoms with Gasteiger partial charge in [0.25, 0.3) is 0 Å². The smallest absolute Gasteiger partial charge is 0.219 e. The number of nitrogens with zero attached hydrogens (tertiary/aromatic N) is 2. The van der Waals surface area contributed by atoms with Crippen LogP contribution in [-0.4, -0.2) is 41.5 Å². The van der Waals surface area contributed by atoms with Crippen molar-refractivity contribution in [1.82, 2.24) is 15.2 Å². The lowest BCUT2D eigenvalue weighted by atomic mass is 10.0. The predicted octanol–water partition coefficient (Wildman–Crippen LogP) is 1.22. The van der Waals surface area contributed by atoms with Gasteiger partial charge in [0.2, 0.25) is 5.91 Å². The molecule has 0 unspecified atom stereocenters. The molecule has 18 heavy (non-hydrogen) atoms. The molecule has 1 amide bonds. The van der Waals surface area contributed by atoms with Crippen molar-refractivity contribution in [1.29, 1.82) is 0 Å². The molecule has 0 radical (unpaired) electrons. The first-order valence-electron chi connectivity index (χ1n) is 6.63. The van der Waals surface area contributed by atoms with Gasteiger partial charge in [-0.05, 0) is 43.5 Å². The topological polar surface area (TPSA) is 45.2 Å². The first kappa shape index (κ1) is 13.0. The maximum atomic E-state index is 11.2. The molecule has 4 nitrogen and oxygen atoms in total. The molecule has 0 saturated carbocycles. The molecule has 0 bridgehead atoms. The van der Waals surface area contributed by atoms with Gasteiger partial charge in [-0.2, -0.15) is 0 Å². The monoisotopic (exact) mass is 247 g/mol. The van der Waals surface area contributed by atoms with Crippen molar-refractivity contribution in [3.8, 4) is 0 Å². The summed E-state index contributed by atoms with van der Waals surface area (Å²) in [5.74, 6) is 0.199. The van der Waals surface area contributed by atoms with Crippen molar-refractivity contribution in [2.45, 2.75) is 32.2 Å². The number of rotatable bonds is 4. The van der Waals surface area contributed by atoms with E-state index in [1.807, 2.05) is 17.3 Å². The Labute approximate surface area is 108 Å². The molecule has 0 atom stereocenters. The second-order valence-electron chi connectivity index (χ2n) is 4.84. The van der Waals surface area contributed by atoms with Crippen LogP contribution in [0.2, 0.25) is 0 Å². The number of carbonyl (C=O) groups excluding carboxylic acids is 1. The molecule has 2 rings (SSSR count). The molecule has 0 aromatic carbocycles. The van der Waals surface area contributed by atoms with E-state index in [0.717, 1.165) is 38.9 Å². The normalized spacial score (nSPS) is 16.8. The first-order valence-corrected chi connectivity index (χ1v) is 6.63. The van der Waals surface area contributed by atoms with E-state index < -0.39 is 0 Å². The molecule has 0 aliphatic carbocycles. The van der Waals surface area contributed by atoms with E-state index in [1.54, 1.807) is 6.92 Å². The fraction of sp³-hybridized carbons (Fsp3) is 0.571. The lowest BCUT2D eigenvalue weighted by Crippen LogP contribution is -2.44. The fourth-order valence-electron chi connectivity index (χ4n) is 2.37. The van der Waals surface area contributed by atoms with Gasteiger partial charge >= 0.3 is 0 Å². The van der Waals surface area contributed by atoms with E-state index in [2.05, 4.69) is 22.4 Å². The SMILES string of the molecule is CC(=O)N1CCC(NCCc2ccncc2)CC1. The van der Waals surface area contributed by atoms with Crippen LogP contribution in [0.3, 0.4) is 0 Å². The number of likely N-dealkylation sites (tertiary alicyclic amines) is 1. The van der Waals surface area contributed by atoms with Gasteiger partial charge in [0.05, 0.1) is 0 Å². The molecular weight excluding hydrogens is 226 g/mol. The lowest BCUT2D eigenvalue weighted by molar-refractivity contribution is -0.129. The van der Waals surface area contributed by atoms with Crippen LogP contribution in [0.1, 0.15) is 25.3 Å². The van der Waals surface area contributed by atoms with Gasteiger partial charge in [0.1, 0.15) is 0 Å². The quantitative estimate of drug-likeness (QED) is 0.870. The number of pyridine rings is 1. The summed E-state index contributed by atoms with van der Waals surface area (Å²) in [6.07, 6.45) is 6.84. The van der Waals surface area contributed by atoms with Crippen LogP contribution in [0, 0.1) is 0 Å². The van der Waals surface area contributed by atoms with Crippen molar-refractivity contribution in [2.75, 3.05) is 19.6 Å². The van der Waals surface area contributed by atoms with Gasteiger partial charge in [0, 0.05) is 38.4 Å². The fourth-order valence-corrected chi connectivity index (χ4v) is 2.37. The molecule has 1 saturated heterocycles. The molecule has 1 aliphatic heterocycles. The third-order valence-corrected chi connectivity index (χ3v) is 3.54. The van der Waals surface area contributed by atoms with E-state index in [0.29, 0.717) is 6.04 Å². The van der Waals surface area contributed by atoms with Crippen molar-refractivity contribution in [3.05, 3.63) is 30.1 Å². The maximum absolute atomic E-state index is 11.2. The zero-order chi connectivity index (χ0) is 12.8. The van der Waals surface area contributed by atoms with Crippen molar-refractivity contribution in [3.63, 3.8) is 0 Å². The van der Waals surface area contributed by atoms with Crippen LogP contribution in [0.4, 0.5) is 0 Å². The van der Waals surface area contributed by atoms with Crippen LogP contribution in [0.5, 0.6) is 0 Å². The Morgan fingerprint density at radius 2 is 2.06 bits per heavy atom. The number of nitrogens with one attached hydrogen (secondary N) is 1. The van der Waals surface area contributed by atoms with Crippen molar-refractivity contribution in [2.24, 2.45) is 0 Å². The molecule has 1 aromatic rings. The predicted molar refractivity (Wildman–Crippen MR) is 71.2 cm³/mol. The number of amides is 1. The largest absolute Gasteiger partial charge is 0.343 e. The summed E-state index contributed by atoms with van der Waals surface area (Å²) in [6, 6.07) is 4.67. The highest BCUT2D eigenvalue weighted by atomic mass is 16.2. The number of hydrogen-bond acceptors (Lipinski definition) is 3. The highest BCUT2D eigenvalue weighted by molar-refractivity contribution is 5.73. The molecule has 98 valence electrons. The summed E-state index contributed by atoms with van der Waals surface area (Å²) in [5, 5.41) is 3.57. The van der Waals surface area contributed by atoms with Gasteiger partial charge in [-0.25, -0.2) is 0 Å². The molecule has 1 aliphatic rings. The van der Waals surface area contributed by atoms with Crippen LogP contribution in [0.25, 0.3) is 0 Å². The maximum Gasteiger partial charge on any atom is 0.219 e. The highest BCUT2D eigenvalue weighted by Gasteiger charge is 2.19.